The van der Waals surface area contributed by atoms with E-state index < -0.39 is 21.7 Å². The molecule has 116 heavy (non-hydrogen) atoms. The van der Waals surface area contributed by atoms with Gasteiger partial charge < -0.3 is 71.2 Å². The van der Waals surface area contributed by atoms with Gasteiger partial charge in [0.05, 0.1) is 38.4 Å². The van der Waals surface area contributed by atoms with Gasteiger partial charge in [0.2, 0.25) is 0 Å². The molecule has 11 N–H and O–H groups in total. The van der Waals surface area contributed by atoms with Crippen LogP contribution in [0.1, 0.15) is 89.0 Å². The topological polar surface area (TPSA) is 235 Å². The normalized spacial score (nSPS) is 15.6. The highest BCUT2D eigenvalue weighted by molar-refractivity contribution is 8.00. The summed E-state index contributed by atoms with van der Waals surface area (Å²) in [4.78, 5) is 4.31. The predicted octanol–water partition coefficient (Wildman–Crippen LogP) is 23.1. The van der Waals surface area contributed by atoms with E-state index in [-0.39, 0.29) is 28.7 Å². The number of fused-ring (bicyclic) bond motifs is 32. The van der Waals surface area contributed by atoms with Gasteiger partial charge in [0.1, 0.15) is 97.7 Å². The summed E-state index contributed by atoms with van der Waals surface area (Å²) >= 11 is 3.34. The quantitative estimate of drug-likeness (QED) is 0.0659. The molecule has 0 saturated heterocycles. The molecule has 8 heterocycles. The van der Waals surface area contributed by atoms with Crippen LogP contribution in [0.5, 0.6) is 97.7 Å². The summed E-state index contributed by atoms with van der Waals surface area (Å²) in [6.45, 7) is 0. The average molecular weight is 1550 g/mol. The molecule has 0 fully saturated rings. The number of nitrogen functional groups attached to an aromatic ring is 3. The summed E-state index contributed by atoms with van der Waals surface area (Å²) in [5.74, 6) is 9.10. The molecule has 14 nitrogen and oxygen atoms in total. The van der Waals surface area contributed by atoms with Gasteiger partial charge in [-0.05, 0) is 157 Å². The van der Waals surface area contributed by atoms with Gasteiger partial charge in [-0.2, -0.15) is 0 Å². The average Bonchev–Trinajstić information content (AvgIpc) is 0.702. The van der Waals surface area contributed by atoms with Crippen LogP contribution in [-0.2, 0) is 21.7 Å². The van der Waals surface area contributed by atoms with Gasteiger partial charge in [0.25, 0.3) is 0 Å². The van der Waals surface area contributed by atoms with Crippen molar-refractivity contribution in [3.05, 3.63) is 429 Å². The van der Waals surface area contributed by atoms with E-state index in [9.17, 15) is 25.5 Å². The van der Waals surface area contributed by atoms with Crippen LogP contribution in [0.15, 0.2) is 359 Å². The Balaban J connectivity index is 0.0000000966. The van der Waals surface area contributed by atoms with E-state index >= 15 is 0 Å². The van der Waals surface area contributed by atoms with Crippen molar-refractivity contribution in [1.29, 1.82) is 0 Å². The maximum atomic E-state index is 11.1. The van der Waals surface area contributed by atoms with E-state index in [1.54, 1.807) is 72.1 Å². The molecule has 16 aromatic carbocycles. The minimum Gasteiger partial charge on any atom is -0.508 e. The van der Waals surface area contributed by atoms with Gasteiger partial charge >= 0.3 is 0 Å². The third kappa shape index (κ3) is 9.80. The molecule has 0 amide bonds. The highest BCUT2D eigenvalue weighted by Crippen LogP contribution is 2.70. The highest BCUT2D eigenvalue weighted by atomic mass is 32.2. The van der Waals surface area contributed by atoms with Crippen LogP contribution in [0.4, 0.5) is 17.1 Å². The Kier molecular flexibility index (Phi) is 15.9. The maximum Gasteiger partial charge on any atom is 0.135 e. The molecule has 16 heteroatoms. The predicted molar refractivity (Wildman–Crippen MR) is 449 cm³/mol. The second-order valence-corrected chi connectivity index (χ2v) is 31.4. The molecule has 0 aromatic heterocycles. The van der Waals surface area contributed by atoms with Crippen molar-refractivity contribution in [3.63, 3.8) is 0 Å². The van der Waals surface area contributed by atoms with E-state index in [0.717, 1.165) is 126 Å². The fraction of sp³-hybridized carbons (Fsp3) is 0.0400. The minimum absolute atomic E-state index is 0.0999. The van der Waals surface area contributed by atoms with Crippen molar-refractivity contribution < 1.29 is 54.0 Å². The first-order chi connectivity index (χ1) is 56.8. The summed E-state index contributed by atoms with van der Waals surface area (Å²) in [5.41, 5.74) is 32.2. The number of phenols is 5. The lowest BCUT2D eigenvalue weighted by Crippen LogP contribution is -2.38. The molecular weight excluding hydrogens is 1480 g/mol. The van der Waals surface area contributed by atoms with Gasteiger partial charge in [0, 0.05) is 97.8 Å². The molecule has 560 valence electrons. The summed E-state index contributed by atoms with van der Waals surface area (Å²) in [6.07, 6.45) is 0. The Hall–Kier alpha value is -14.6. The first-order valence-corrected chi connectivity index (χ1v) is 39.5. The Morgan fingerprint density at radius 2 is 0.353 bits per heavy atom. The highest BCUT2D eigenvalue weighted by Gasteiger charge is 2.58. The monoisotopic (exact) mass is 1550 g/mol. The minimum atomic E-state index is -0.981. The molecule has 8 aliphatic heterocycles. The zero-order valence-corrected chi connectivity index (χ0v) is 63.2. The van der Waals surface area contributed by atoms with Crippen LogP contribution in [0.3, 0.4) is 0 Å². The lowest BCUT2D eigenvalue weighted by atomic mass is 9.61. The fourth-order valence-electron chi connectivity index (χ4n) is 19.1. The van der Waals surface area contributed by atoms with Crippen molar-refractivity contribution in [3.8, 4) is 97.7 Å². The van der Waals surface area contributed by atoms with Gasteiger partial charge in [-0.1, -0.05) is 218 Å². The Labute approximate surface area is 675 Å². The zero-order chi connectivity index (χ0) is 78.3. The summed E-state index contributed by atoms with van der Waals surface area (Å²) in [7, 11) is 0. The van der Waals surface area contributed by atoms with Crippen molar-refractivity contribution in [2.45, 2.75) is 41.2 Å². The van der Waals surface area contributed by atoms with Crippen LogP contribution >= 0.6 is 23.5 Å². The van der Waals surface area contributed by atoms with Crippen LogP contribution in [0, 0.1) is 0 Å². The summed E-state index contributed by atoms with van der Waals surface area (Å²) in [6, 6.07) is 109. The number of nitrogens with two attached hydrogens (primary N) is 3. The molecule has 0 aliphatic carbocycles. The number of para-hydroxylation sites is 6. The molecule has 16 aromatic rings. The molecule has 4 spiro atoms. The smallest absolute Gasteiger partial charge is 0.135 e. The van der Waals surface area contributed by atoms with Crippen molar-refractivity contribution in [2.75, 3.05) is 17.2 Å². The molecule has 0 radical (unpaired) electrons. The number of aromatic hydroxyl groups is 5. The first-order valence-electron chi connectivity index (χ1n) is 37.8. The number of ether oxygens (including phenoxy) is 6. The van der Waals surface area contributed by atoms with Crippen LogP contribution in [0.2, 0.25) is 0 Å². The molecule has 8 aliphatic rings. The van der Waals surface area contributed by atoms with Crippen LogP contribution in [-0.4, -0.2) is 25.5 Å². The van der Waals surface area contributed by atoms with Gasteiger partial charge in [-0.25, -0.2) is 0 Å². The van der Waals surface area contributed by atoms with Crippen LogP contribution in [0.25, 0.3) is 0 Å². The molecular formula is C100H67N3O11S2. The number of benzene rings is 16. The Morgan fingerprint density at radius 1 is 0.172 bits per heavy atom. The van der Waals surface area contributed by atoms with E-state index in [2.05, 4.69) is 48.5 Å². The van der Waals surface area contributed by atoms with Gasteiger partial charge in [0.15, 0.2) is 0 Å². The summed E-state index contributed by atoms with van der Waals surface area (Å²) in [5, 5.41) is 55.4. The van der Waals surface area contributed by atoms with E-state index in [1.807, 2.05) is 243 Å². The number of hydrogen-bond donors (Lipinski definition) is 8. The third-order valence-electron chi connectivity index (χ3n) is 23.3. The van der Waals surface area contributed by atoms with Gasteiger partial charge in [-0.3, -0.25) is 0 Å². The second-order valence-electron chi connectivity index (χ2n) is 29.2. The molecule has 1 atom stereocenters. The number of phenolic OH excluding ortho intramolecular Hbond substituents is 5. The largest absolute Gasteiger partial charge is 0.508 e. The molecule has 24 rings (SSSR count). The third-order valence-corrected chi connectivity index (χ3v) is 25.6. The van der Waals surface area contributed by atoms with E-state index in [4.69, 9.17) is 45.6 Å². The number of anilines is 3. The maximum absolute atomic E-state index is 11.1. The Morgan fingerprint density at radius 3 is 0.638 bits per heavy atom. The number of hydrogen-bond acceptors (Lipinski definition) is 16. The van der Waals surface area contributed by atoms with E-state index in [1.165, 1.54) is 0 Å². The second kappa shape index (κ2) is 26.5. The van der Waals surface area contributed by atoms with Gasteiger partial charge in [-0.15, -0.1) is 0 Å². The van der Waals surface area contributed by atoms with Crippen LogP contribution < -0.4 is 45.6 Å². The first kappa shape index (κ1) is 69.4. The molecule has 0 saturated carbocycles. The molecule has 0 bridgehead atoms. The SMILES string of the molecule is Nc1cccc2c1C1(c3ccccc3O2)c2ccccc2Oc2cccc(N)c21.Nc1cccc2c1[C@]1(c3ccccc3O2)c2ccccc2Oc2cccc(O)c21.Oc1cccc2c1C1(c3ccccc3O2)c2ccccc2Oc2cccc(O)c21.Oc1cccc2c1C1(c3ccccc3S2)c2ccccc2Sc2cccc(O)c21. The van der Waals surface area contributed by atoms with Crippen molar-refractivity contribution >= 4 is 40.6 Å². The van der Waals surface area contributed by atoms with E-state index in [0.29, 0.717) is 68.2 Å². The van der Waals surface area contributed by atoms with Crippen molar-refractivity contribution in [2.24, 2.45) is 0 Å². The lowest BCUT2D eigenvalue weighted by molar-refractivity contribution is 0.370. The standard InChI is InChI=1S/C25H18N2O2.C25H17NO3.C25H16O4.C25H16O2S2/c4*26-17-9-5-13-21-23(17)25(15-7-1-3-11-19(15)28-21)16-8-2-4-12-20(16)29-22-14-6-10-18(27)24(22)25/h1-14H,26-27H2;1-14,27H,26H2;2*1-14,26-27H/t;25-;;/m.0../s1. The summed E-state index contributed by atoms with van der Waals surface area (Å²) < 4.78 is 37.4. The lowest BCUT2D eigenvalue weighted by Gasteiger charge is -2.45. The Bertz CT molecular complexity index is 5590. The van der Waals surface area contributed by atoms with Crippen molar-refractivity contribution in [1.82, 2.24) is 0 Å². The molecule has 0 unspecified atom stereocenters. The fourth-order valence-corrected chi connectivity index (χ4v) is 21.6. The zero-order valence-electron chi connectivity index (χ0n) is 61.6. The number of rotatable bonds is 0.